The Morgan fingerprint density at radius 1 is 1.25 bits per heavy atom. The number of anilines is 1. The molecule has 0 aliphatic carbocycles. The first-order valence-electron chi connectivity index (χ1n) is 5.69. The number of piperazine rings is 1. The molecule has 1 heterocycles. The molecular weight excluding hydrogens is 218 g/mol. The lowest BCUT2D eigenvalue weighted by Crippen LogP contribution is -2.45. The fourth-order valence-electron chi connectivity index (χ4n) is 1.78. The molecule has 1 aromatic rings. The number of thioether (sulfide) groups is 1. The van der Waals surface area contributed by atoms with Crippen molar-refractivity contribution < 1.29 is 0 Å². The number of benzene rings is 1. The van der Waals surface area contributed by atoms with E-state index in [9.17, 15) is 0 Å². The third kappa shape index (κ3) is 3.40. The van der Waals surface area contributed by atoms with E-state index in [4.69, 9.17) is 0 Å². The number of nitrogens with zero attached hydrogens (tertiary/aromatic N) is 1. The van der Waals surface area contributed by atoms with Gasteiger partial charge in [-0.25, -0.2) is 0 Å². The van der Waals surface area contributed by atoms with E-state index in [1.54, 1.807) is 11.8 Å². The Kier molecular flexibility index (Phi) is 4.51. The third-order valence-electron chi connectivity index (χ3n) is 2.81. The molecule has 88 valence electrons. The molecule has 0 spiro atoms. The van der Waals surface area contributed by atoms with Gasteiger partial charge in [0.25, 0.3) is 0 Å². The first-order chi connectivity index (χ1) is 7.88. The highest BCUT2D eigenvalue weighted by Crippen LogP contribution is 2.17. The van der Waals surface area contributed by atoms with Gasteiger partial charge in [0.1, 0.15) is 0 Å². The number of nitrogens with one attached hydrogen (secondary N) is 2. The van der Waals surface area contributed by atoms with Crippen molar-refractivity contribution >= 4 is 17.4 Å². The van der Waals surface area contributed by atoms with E-state index in [1.807, 2.05) is 0 Å². The van der Waals surface area contributed by atoms with Crippen molar-refractivity contribution in [3.8, 4) is 0 Å². The lowest BCUT2D eigenvalue weighted by molar-refractivity contribution is 0.256. The molecule has 1 aliphatic heterocycles. The van der Waals surface area contributed by atoms with Crippen molar-refractivity contribution in [2.75, 3.05) is 44.4 Å². The molecule has 0 unspecified atom stereocenters. The zero-order valence-electron chi connectivity index (χ0n) is 9.70. The van der Waals surface area contributed by atoms with Crippen LogP contribution in [0.4, 0.5) is 5.69 Å². The summed E-state index contributed by atoms with van der Waals surface area (Å²) in [6.07, 6.45) is 2.10. The highest BCUT2D eigenvalue weighted by Gasteiger charge is 2.07. The Morgan fingerprint density at radius 2 is 1.94 bits per heavy atom. The molecule has 1 aromatic carbocycles. The van der Waals surface area contributed by atoms with E-state index >= 15 is 0 Å². The molecule has 0 saturated carbocycles. The molecule has 0 amide bonds. The molecule has 0 atom stereocenters. The van der Waals surface area contributed by atoms with Crippen LogP contribution < -0.4 is 10.6 Å². The van der Waals surface area contributed by atoms with E-state index in [0.29, 0.717) is 0 Å². The van der Waals surface area contributed by atoms with Gasteiger partial charge in [0, 0.05) is 36.8 Å². The summed E-state index contributed by atoms with van der Waals surface area (Å²) >= 11 is 1.78. The first-order valence-corrected chi connectivity index (χ1v) is 6.92. The van der Waals surface area contributed by atoms with E-state index in [1.165, 1.54) is 10.6 Å². The summed E-state index contributed by atoms with van der Waals surface area (Å²) in [5.41, 5.74) is 1.20. The van der Waals surface area contributed by atoms with Crippen molar-refractivity contribution in [3.63, 3.8) is 0 Å². The molecule has 4 heteroatoms. The van der Waals surface area contributed by atoms with Gasteiger partial charge in [0.2, 0.25) is 0 Å². The number of hydrogen-bond acceptors (Lipinski definition) is 4. The van der Waals surface area contributed by atoms with E-state index in [0.717, 1.165) is 32.8 Å². The van der Waals surface area contributed by atoms with E-state index in [2.05, 4.69) is 46.1 Å². The zero-order chi connectivity index (χ0) is 11.2. The highest BCUT2D eigenvalue weighted by molar-refractivity contribution is 7.98. The van der Waals surface area contributed by atoms with Gasteiger partial charge in [-0.15, -0.1) is 11.8 Å². The van der Waals surface area contributed by atoms with Crippen LogP contribution in [0.1, 0.15) is 0 Å². The van der Waals surface area contributed by atoms with Crippen LogP contribution in [0.3, 0.4) is 0 Å². The Morgan fingerprint density at radius 3 is 2.56 bits per heavy atom. The average molecular weight is 237 g/mol. The van der Waals surface area contributed by atoms with Gasteiger partial charge in [-0.05, 0) is 30.5 Å². The van der Waals surface area contributed by atoms with E-state index < -0.39 is 0 Å². The maximum Gasteiger partial charge on any atom is 0.0679 e. The smallest absolute Gasteiger partial charge is 0.0679 e. The van der Waals surface area contributed by atoms with Gasteiger partial charge in [-0.3, -0.25) is 4.90 Å². The van der Waals surface area contributed by atoms with Crippen LogP contribution in [-0.2, 0) is 0 Å². The van der Waals surface area contributed by atoms with Gasteiger partial charge < -0.3 is 10.6 Å². The van der Waals surface area contributed by atoms with Gasteiger partial charge in [-0.2, -0.15) is 0 Å². The monoisotopic (exact) mass is 237 g/mol. The zero-order valence-corrected chi connectivity index (χ0v) is 10.5. The van der Waals surface area contributed by atoms with Crippen molar-refractivity contribution in [2.24, 2.45) is 0 Å². The lowest BCUT2D eigenvalue weighted by Gasteiger charge is -2.27. The molecule has 1 saturated heterocycles. The van der Waals surface area contributed by atoms with Crippen LogP contribution in [0, 0.1) is 0 Å². The van der Waals surface area contributed by atoms with E-state index in [-0.39, 0.29) is 0 Å². The summed E-state index contributed by atoms with van der Waals surface area (Å²) in [5, 5.41) is 6.81. The third-order valence-corrected chi connectivity index (χ3v) is 3.55. The second-order valence-corrected chi connectivity index (χ2v) is 4.81. The predicted octanol–water partition coefficient (Wildman–Crippen LogP) is 1.68. The molecular formula is C12H19N3S. The Labute approximate surface area is 102 Å². The van der Waals surface area contributed by atoms with Gasteiger partial charge in [-0.1, -0.05) is 0 Å². The predicted molar refractivity (Wildman–Crippen MR) is 71.2 cm³/mol. The van der Waals surface area contributed by atoms with Crippen LogP contribution in [0.25, 0.3) is 0 Å². The summed E-state index contributed by atoms with van der Waals surface area (Å²) < 4.78 is 0. The molecule has 2 rings (SSSR count). The summed E-state index contributed by atoms with van der Waals surface area (Å²) in [6.45, 7) is 5.42. The molecule has 16 heavy (non-hydrogen) atoms. The summed E-state index contributed by atoms with van der Waals surface area (Å²) in [6, 6.07) is 8.61. The highest BCUT2D eigenvalue weighted by atomic mass is 32.2. The molecule has 0 aromatic heterocycles. The second-order valence-electron chi connectivity index (χ2n) is 3.93. The van der Waals surface area contributed by atoms with Crippen molar-refractivity contribution in [2.45, 2.75) is 4.90 Å². The first kappa shape index (κ1) is 11.8. The maximum absolute atomic E-state index is 3.45. The van der Waals surface area contributed by atoms with Crippen LogP contribution in [-0.4, -0.2) is 44.0 Å². The van der Waals surface area contributed by atoms with Gasteiger partial charge in [0.15, 0.2) is 0 Å². The Hall–Kier alpha value is -0.710. The van der Waals surface area contributed by atoms with Gasteiger partial charge >= 0.3 is 0 Å². The fourth-order valence-corrected chi connectivity index (χ4v) is 2.19. The second kappa shape index (κ2) is 6.13. The quantitative estimate of drug-likeness (QED) is 0.779. The summed E-state index contributed by atoms with van der Waals surface area (Å²) in [7, 11) is 0. The van der Waals surface area contributed by atoms with Crippen LogP contribution in [0.2, 0.25) is 0 Å². The Balaban J connectivity index is 1.79. The molecule has 1 fully saturated rings. The minimum absolute atomic E-state index is 0.945. The van der Waals surface area contributed by atoms with Crippen molar-refractivity contribution in [1.82, 2.24) is 10.2 Å². The molecule has 1 aliphatic rings. The summed E-state index contributed by atoms with van der Waals surface area (Å²) in [5.74, 6) is 0. The average Bonchev–Trinajstić information content (AvgIpc) is 2.38. The number of rotatable bonds is 4. The SMILES string of the molecule is CSc1ccc(NCN2CCNCC2)cc1. The minimum atomic E-state index is 0.945. The molecule has 0 bridgehead atoms. The fraction of sp³-hybridized carbons (Fsp3) is 0.500. The number of hydrogen-bond donors (Lipinski definition) is 2. The topological polar surface area (TPSA) is 27.3 Å². The van der Waals surface area contributed by atoms with Crippen molar-refractivity contribution in [3.05, 3.63) is 24.3 Å². The summed E-state index contributed by atoms with van der Waals surface area (Å²) in [4.78, 5) is 3.74. The molecule has 2 N–H and O–H groups in total. The normalized spacial score (nSPS) is 17.3. The van der Waals surface area contributed by atoms with Crippen LogP contribution >= 0.6 is 11.8 Å². The maximum atomic E-state index is 3.45. The standard InChI is InChI=1S/C12H19N3S/c1-16-12-4-2-11(3-5-12)14-10-15-8-6-13-7-9-15/h2-5,13-14H,6-10H2,1H3. The van der Waals surface area contributed by atoms with Crippen LogP contribution in [0.15, 0.2) is 29.2 Å². The molecule has 0 radical (unpaired) electrons. The van der Waals surface area contributed by atoms with Gasteiger partial charge in [0.05, 0.1) is 6.67 Å². The van der Waals surface area contributed by atoms with Crippen molar-refractivity contribution in [1.29, 1.82) is 0 Å². The molecule has 3 nitrogen and oxygen atoms in total. The minimum Gasteiger partial charge on any atom is -0.372 e. The largest absolute Gasteiger partial charge is 0.372 e. The van der Waals surface area contributed by atoms with Crippen LogP contribution in [0.5, 0.6) is 0 Å². The Bertz CT molecular complexity index is 307. The lowest BCUT2D eigenvalue weighted by atomic mass is 10.3.